The van der Waals surface area contributed by atoms with E-state index in [1.54, 1.807) is 30.6 Å². The summed E-state index contributed by atoms with van der Waals surface area (Å²) in [6, 6.07) is 17.1. The van der Waals surface area contributed by atoms with E-state index in [-0.39, 0.29) is 11.8 Å². The number of pyridine rings is 2. The zero-order valence-corrected chi connectivity index (χ0v) is 15.4. The molecule has 0 saturated carbocycles. The number of carbonyl (C=O) groups is 1. The number of aromatic nitrogens is 2. The van der Waals surface area contributed by atoms with Crippen molar-refractivity contribution in [1.29, 1.82) is 0 Å². The van der Waals surface area contributed by atoms with Crippen LogP contribution in [0, 0.1) is 0 Å². The molecule has 3 heterocycles. The Hall–Kier alpha value is -2.76. The smallest absolute Gasteiger partial charge is 0.212 e. The van der Waals surface area contributed by atoms with Gasteiger partial charge in [-0.1, -0.05) is 29.8 Å². The fourth-order valence-electron chi connectivity index (χ4n) is 3.28. The minimum atomic E-state index is -0.119. The van der Waals surface area contributed by atoms with Crippen LogP contribution in [0.5, 0.6) is 0 Å². The summed E-state index contributed by atoms with van der Waals surface area (Å²) < 4.78 is 0. The maximum Gasteiger partial charge on any atom is 0.212 e. The molecule has 27 heavy (non-hydrogen) atoms. The average Bonchev–Trinajstić information content (AvgIpc) is 2.74. The second kappa shape index (κ2) is 7.86. The minimum Gasteiger partial charge on any atom is -0.353 e. The molecule has 1 fully saturated rings. The van der Waals surface area contributed by atoms with Gasteiger partial charge in [-0.15, -0.1) is 0 Å². The van der Waals surface area contributed by atoms with Gasteiger partial charge in [0.2, 0.25) is 5.78 Å². The highest BCUT2D eigenvalue weighted by Crippen LogP contribution is 2.23. The van der Waals surface area contributed by atoms with Gasteiger partial charge in [-0.25, -0.2) is 4.98 Å². The molecule has 2 aromatic heterocycles. The number of hydrogen-bond acceptors (Lipinski definition) is 5. The Morgan fingerprint density at radius 3 is 2.85 bits per heavy atom. The number of nitrogens with zero attached hydrogens (tertiary/aromatic N) is 3. The highest BCUT2D eigenvalue weighted by atomic mass is 35.5. The Balaban J connectivity index is 1.55. The van der Waals surface area contributed by atoms with Crippen LogP contribution in [0.25, 0.3) is 0 Å². The van der Waals surface area contributed by atoms with E-state index in [0.717, 1.165) is 36.0 Å². The van der Waals surface area contributed by atoms with Crippen molar-refractivity contribution >= 4 is 23.2 Å². The second-order valence-electron chi connectivity index (χ2n) is 6.46. The van der Waals surface area contributed by atoms with Crippen molar-refractivity contribution < 1.29 is 4.79 Å². The summed E-state index contributed by atoms with van der Waals surface area (Å²) in [7, 11) is 0. The number of halogens is 1. The first-order chi connectivity index (χ1) is 13.2. The van der Waals surface area contributed by atoms with Gasteiger partial charge in [0.05, 0.1) is 0 Å². The molecule has 1 atom stereocenters. The molecule has 136 valence electrons. The average molecular weight is 379 g/mol. The monoisotopic (exact) mass is 378 g/mol. The Morgan fingerprint density at radius 2 is 2.04 bits per heavy atom. The van der Waals surface area contributed by atoms with Gasteiger partial charge in [0.1, 0.15) is 11.5 Å². The molecular weight excluding hydrogens is 360 g/mol. The Labute approximate surface area is 163 Å². The third kappa shape index (κ3) is 3.99. The minimum absolute atomic E-state index is 0.119. The molecule has 5 nitrogen and oxygen atoms in total. The molecule has 1 saturated heterocycles. The van der Waals surface area contributed by atoms with Crippen LogP contribution in [0.2, 0.25) is 5.02 Å². The molecule has 6 heteroatoms. The molecule has 1 N–H and O–H groups in total. The van der Waals surface area contributed by atoms with Gasteiger partial charge in [0.15, 0.2) is 0 Å². The lowest BCUT2D eigenvalue weighted by Gasteiger charge is -2.35. The van der Waals surface area contributed by atoms with Crippen molar-refractivity contribution in [1.82, 2.24) is 15.3 Å². The van der Waals surface area contributed by atoms with Crippen molar-refractivity contribution in [3.05, 3.63) is 88.8 Å². The van der Waals surface area contributed by atoms with Crippen LogP contribution in [-0.4, -0.2) is 35.4 Å². The van der Waals surface area contributed by atoms with Crippen LogP contribution >= 0.6 is 11.6 Å². The van der Waals surface area contributed by atoms with E-state index in [1.165, 1.54) is 0 Å². The number of nitrogens with one attached hydrogen (secondary N) is 1. The van der Waals surface area contributed by atoms with E-state index in [9.17, 15) is 4.79 Å². The second-order valence-corrected chi connectivity index (χ2v) is 6.90. The molecule has 0 radical (unpaired) electrons. The third-order valence-corrected chi connectivity index (χ3v) is 4.88. The van der Waals surface area contributed by atoms with Crippen LogP contribution in [0.1, 0.15) is 27.7 Å². The van der Waals surface area contributed by atoms with E-state index in [0.29, 0.717) is 11.3 Å². The number of rotatable bonds is 4. The predicted molar refractivity (Wildman–Crippen MR) is 106 cm³/mol. The summed E-state index contributed by atoms with van der Waals surface area (Å²) in [6.07, 6.45) is 3.22. The summed E-state index contributed by atoms with van der Waals surface area (Å²) in [6.45, 7) is 2.42. The number of ketones is 1. The predicted octanol–water partition coefficient (Wildman–Crippen LogP) is 3.51. The first-order valence-corrected chi connectivity index (χ1v) is 9.24. The maximum atomic E-state index is 12.7. The molecule has 0 bridgehead atoms. The van der Waals surface area contributed by atoms with Gasteiger partial charge in [-0.3, -0.25) is 9.78 Å². The topological polar surface area (TPSA) is 58.1 Å². The van der Waals surface area contributed by atoms with Gasteiger partial charge in [-0.05, 0) is 42.0 Å². The lowest BCUT2D eigenvalue weighted by molar-refractivity contribution is 0.103. The Morgan fingerprint density at radius 1 is 1.15 bits per heavy atom. The van der Waals surface area contributed by atoms with Crippen LogP contribution in [0.3, 0.4) is 0 Å². The summed E-state index contributed by atoms with van der Waals surface area (Å²) in [5, 5.41) is 4.25. The molecule has 0 spiro atoms. The first kappa shape index (κ1) is 17.6. The normalized spacial score (nSPS) is 16.9. The van der Waals surface area contributed by atoms with E-state index in [4.69, 9.17) is 11.6 Å². The van der Waals surface area contributed by atoms with Crippen LogP contribution in [0.4, 0.5) is 5.82 Å². The lowest BCUT2D eigenvalue weighted by Crippen LogP contribution is -2.46. The zero-order valence-electron chi connectivity index (χ0n) is 14.7. The molecule has 4 rings (SSSR count). The van der Waals surface area contributed by atoms with Crippen molar-refractivity contribution in [3.63, 3.8) is 0 Å². The first-order valence-electron chi connectivity index (χ1n) is 8.86. The Bertz CT molecular complexity index is 948. The molecular formula is C21H19ClN4O. The van der Waals surface area contributed by atoms with E-state index < -0.39 is 0 Å². The van der Waals surface area contributed by atoms with Crippen LogP contribution in [0.15, 0.2) is 67.0 Å². The highest BCUT2D eigenvalue weighted by molar-refractivity contribution is 6.30. The zero-order chi connectivity index (χ0) is 18.6. The molecule has 3 aromatic rings. The number of carbonyl (C=O) groups excluding carboxylic acids is 1. The third-order valence-electron chi connectivity index (χ3n) is 4.64. The van der Waals surface area contributed by atoms with Gasteiger partial charge in [0.25, 0.3) is 0 Å². The van der Waals surface area contributed by atoms with Crippen molar-refractivity contribution in [2.75, 3.05) is 24.5 Å². The van der Waals surface area contributed by atoms with Crippen LogP contribution in [-0.2, 0) is 0 Å². The SMILES string of the molecule is O=C(c1cccnc1)c1cccc(N2CCNC(c3cccc(Cl)c3)C2)n1. The van der Waals surface area contributed by atoms with E-state index >= 15 is 0 Å². The van der Waals surface area contributed by atoms with E-state index in [1.807, 2.05) is 30.3 Å². The van der Waals surface area contributed by atoms with Crippen molar-refractivity contribution in [2.45, 2.75) is 6.04 Å². The van der Waals surface area contributed by atoms with E-state index in [2.05, 4.69) is 26.3 Å². The summed E-state index contributed by atoms with van der Waals surface area (Å²) >= 11 is 6.13. The molecule has 0 aliphatic carbocycles. The standard InChI is InChI=1S/C21H19ClN4O/c22-17-6-1-4-15(12-17)19-14-26(11-10-24-19)20-8-2-7-18(25-20)21(27)16-5-3-9-23-13-16/h1-9,12-13,19,24H,10-11,14H2. The van der Waals surface area contributed by atoms with Crippen molar-refractivity contribution in [3.8, 4) is 0 Å². The fourth-order valence-corrected chi connectivity index (χ4v) is 3.47. The van der Waals surface area contributed by atoms with Gasteiger partial charge in [-0.2, -0.15) is 0 Å². The fraction of sp³-hybridized carbons (Fsp3) is 0.190. The quantitative estimate of drug-likeness (QED) is 0.704. The van der Waals surface area contributed by atoms with Gasteiger partial charge < -0.3 is 10.2 Å². The molecule has 1 aromatic carbocycles. The molecule has 0 amide bonds. The number of piperazine rings is 1. The van der Waals surface area contributed by atoms with Crippen molar-refractivity contribution in [2.24, 2.45) is 0 Å². The number of hydrogen-bond donors (Lipinski definition) is 1. The maximum absolute atomic E-state index is 12.7. The van der Waals surface area contributed by atoms with Gasteiger partial charge in [0, 0.05) is 48.7 Å². The van der Waals surface area contributed by atoms with Crippen LogP contribution < -0.4 is 10.2 Å². The number of anilines is 1. The summed E-state index contributed by atoms with van der Waals surface area (Å²) in [5.41, 5.74) is 2.12. The summed E-state index contributed by atoms with van der Waals surface area (Å²) in [5.74, 6) is 0.685. The lowest BCUT2D eigenvalue weighted by atomic mass is 10.0. The number of benzene rings is 1. The molecule has 1 aliphatic rings. The highest BCUT2D eigenvalue weighted by Gasteiger charge is 2.22. The summed E-state index contributed by atoms with van der Waals surface area (Å²) in [4.78, 5) is 23.5. The largest absolute Gasteiger partial charge is 0.353 e. The molecule has 1 unspecified atom stereocenters. The molecule has 1 aliphatic heterocycles. The Kier molecular flexibility index (Phi) is 5.14. The van der Waals surface area contributed by atoms with Gasteiger partial charge >= 0.3 is 0 Å².